The van der Waals surface area contributed by atoms with Gasteiger partial charge in [0.2, 0.25) is 5.91 Å². The van der Waals surface area contributed by atoms with E-state index in [1.165, 1.54) is 0 Å². The third-order valence-corrected chi connectivity index (χ3v) is 5.62. The number of hydrogen-bond acceptors (Lipinski definition) is 4. The van der Waals surface area contributed by atoms with Gasteiger partial charge < -0.3 is 11.1 Å². The van der Waals surface area contributed by atoms with Crippen molar-refractivity contribution in [2.45, 2.75) is 24.0 Å². The number of carbonyl (C=O) groups excluding carboxylic acids is 1. The molecular weight excluding hydrogens is 388 g/mol. The van der Waals surface area contributed by atoms with Gasteiger partial charge in [-0.3, -0.25) is 9.00 Å². The molecule has 0 radical (unpaired) electrons. The van der Waals surface area contributed by atoms with Crippen LogP contribution >= 0.6 is 24.2 Å². The van der Waals surface area contributed by atoms with Gasteiger partial charge in [-0.15, -0.1) is 12.4 Å². The number of hydrogen-bond donors (Lipinski definition) is 2. The minimum absolute atomic E-state index is 0. The fourth-order valence-electron chi connectivity index (χ4n) is 2.35. The van der Waals surface area contributed by atoms with Crippen molar-refractivity contribution in [3.63, 3.8) is 0 Å². The van der Waals surface area contributed by atoms with Gasteiger partial charge in [0.05, 0.1) is 6.04 Å². The lowest BCUT2D eigenvalue weighted by atomic mass is 10.2. The molecule has 2 aromatic rings. The minimum atomic E-state index is -0.996. The monoisotopic (exact) mass is 412 g/mol. The summed E-state index contributed by atoms with van der Waals surface area (Å²) >= 11 is 1.67. The predicted octanol–water partition coefficient (Wildman–Crippen LogP) is 3.58. The van der Waals surface area contributed by atoms with Crippen molar-refractivity contribution in [1.29, 1.82) is 0 Å². The maximum Gasteiger partial charge on any atom is 0.241 e. The van der Waals surface area contributed by atoms with E-state index in [0.29, 0.717) is 23.6 Å². The van der Waals surface area contributed by atoms with Gasteiger partial charge in [-0.2, -0.15) is 11.8 Å². The summed E-state index contributed by atoms with van der Waals surface area (Å²) in [6, 6.07) is 16.8. The molecule has 1 amide bonds. The van der Waals surface area contributed by atoms with E-state index in [1.54, 1.807) is 11.8 Å². The molecule has 0 fully saturated rings. The summed E-state index contributed by atoms with van der Waals surface area (Å²) in [4.78, 5) is 12.1. The van der Waals surface area contributed by atoms with Crippen LogP contribution in [0.25, 0.3) is 0 Å². The van der Waals surface area contributed by atoms with Gasteiger partial charge in [-0.1, -0.05) is 42.5 Å². The maximum atomic E-state index is 12.3. The normalized spacial score (nSPS) is 12.7. The van der Waals surface area contributed by atoms with Crippen molar-refractivity contribution in [3.8, 4) is 0 Å². The summed E-state index contributed by atoms with van der Waals surface area (Å²) in [7, 11) is -0.996. The minimum Gasteiger partial charge on any atom is -0.325 e. The third-order valence-electron chi connectivity index (χ3n) is 3.66. The van der Waals surface area contributed by atoms with E-state index in [1.807, 2.05) is 60.9 Å². The van der Waals surface area contributed by atoms with Crippen LogP contribution in [0.4, 0.5) is 5.69 Å². The Kier molecular flexibility index (Phi) is 10.6. The van der Waals surface area contributed by atoms with E-state index in [0.717, 1.165) is 16.9 Å². The molecule has 0 saturated heterocycles. The average molecular weight is 413 g/mol. The number of benzene rings is 2. The largest absolute Gasteiger partial charge is 0.325 e. The molecule has 142 valence electrons. The van der Waals surface area contributed by atoms with Gasteiger partial charge in [-0.25, -0.2) is 0 Å². The van der Waals surface area contributed by atoms with Crippen LogP contribution in [0.3, 0.4) is 0 Å². The van der Waals surface area contributed by atoms with Crippen molar-refractivity contribution in [1.82, 2.24) is 0 Å². The average Bonchev–Trinajstić information content (AvgIpc) is 2.60. The molecule has 26 heavy (non-hydrogen) atoms. The fourth-order valence-corrected chi connectivity index (χ4v) is 4.05. The van der Waals surface area contributed by atoms with E-state index < -0.39 is 16.8 Å². The molecule has 0 bridgehead atoms. The molecule has 7 heteroatoms. The van der Waals surface area contributed by atoms with Crippen LogP contribution in [0.15, 0.2) is 54.6 Å². The second-order valence-electron chi connectivity index (χ2n) is 5.79. The Labute approximate surface area is 168 Å². The number of nitrogens with one attached hydrogen (secondary N) is 1. The first-order chi connectivity index (χ1) is 12.1. The van der Waals surface area contributed by atoms with Gasteiger partial charge >= 0.3 is 0 Å². The molecule has 3 N–H and O–H groups in total. The van der Waals surface area contributed by atoms with Gasteiger partial charge in [0.25, 0.3) is 0 Å². The number of anilines is 1. The highest BCUT2D eigenvalue weighted by atomic mass is 35.5. The number of halogens is 1. The zero-order valence-corrected chi connectivity index (χ0v) is 17.2. The Balaban J connectivity index is 0.00000338. The first kappa shape index (κ1) is 22.7. The molecule has 2 rings (SSSR count). The lowest BCUT2D eigenvalue weighted by Gasteiger charge is -2.12. The number of amides is 1. The molecule has 0 spiro atoms. The van der Waals surface area contributed by atoms with Crippen LogP contribution in [0.5, 0.6) is 0 Å². The Morgan fingerprint density at radius 3 is 2.46 bits per heavy atom. The summed E-state index contributed by atoms with van der Waals surface area (Å²) in [5.74, 6) is 1.65. The number of thioether (sulfide) groups is 1. The first-order valence-electron chi connectivity index (χ1n) is 8.11. The van der Waals surface area contributed by atoms with E-state index in [-0.39, 0.29) is 18.3 Å². The number of carbonyl (C=O) groups is 1. The van der Waals surface area contributed by atoms with Crippen LogP contribution in [0.2, 0.25) is 0 Å². The highest BCUT2D eigenvalue weighted by molar-refractivity contribution is 7.98. The van der Waals surface area contributed by atoms with Crippen LogP contribution in [-0.4, -0.2) is 28.2 Å². The zero-order chi connectivity index (χ0) is 18.1. The molecule has 2 atom stereocenters. The highest BCUT2D eigenvalue weighted by Crippen LogP contribution is 2.15. The van der Waals surface area contributed by atoms with Crippen LogP contribution in [-0.2, 0) is 27.1 Å². The van der Waals surface area contributed by atoms with E-state index in [4.69, 9.17) is 5.73 Å². The van der Waals surface area contributed by atoms with Crippen molar-refractivity contribution in [2.24, 2.45) is 5.73 Å². The summed E-state index contributed by atoms with van der Waals surface area (Å²) in [5, 5.41) is 2.84. The second-order valence-corrected chi connectivity index (χ2v) is 8.23. The van der Waals surface area contributed by atoms with Crippen molar-refractivity contribution >= 4 is 46.6 Å². The van der Waals surface area contributed by atoms with Gasteiger partial charge in [0.15, 0.2) is 0 Å². The first-order valence-corrected chi connectivity index (χ1v) is 11.0. The molecular formula is C19H25ClN2O2S2. The fraction of sp³-hybridized carbons (Fsp3) is 0.316. The van der Waals surface area contributed by atoms with Crippen molar-refractivity contribution < 1.29 is 9.00 Å². The summed E-state index contributed by atoms with van der Waals surface area (Å²) in [5.41, 5.74) is 8.57. The van der Waals surface area contributed by atoms with Crippen LogP contribution < -0.4 is 11.1 Å². The predicted molar refractivity (Wildman–Crippen MR) is 115 cm³/mol. The molecule has 1 unspecified atom stereocenters. The number of rotatable bonds is 9. The van der Waals surface area contributed by atoms with E-state index >= 15 is 0 Å². The topological polar surface area (TPSA) is 72.2 Å². The lowest BCUT2D eigenvalue weighted by Crippen LogP contribution is -2.36. The second kappa shape index (κ2) is 12.1. The maximum absolute atomic E-state index is 12.3. The Morgan fingerprint density at radius 1 is 1.12 bits per heavy atom. The van der Waals surface area contributed by atoms with Gasteiger partial charge in [0.1, 0.15) is 0 Å². The molecule has 0 aliphatic heterocycles. The molecule has 0 aliphatic carbocycles. The highest BCUT2D eigenvalue weighted by Gasteiger charge is 2.13. The summed E-state index contributed by atoms with van der Waals surface area (Å²) < 4.78 is 12.3. The molecule has 2 aromatic carbocycles. The van der Waals surface area contributed by atoms with Crippen molar-refractivity contribution in [3.05, 3.63) is 65.7 Å². The van der Waals surface area contributed by atoms with Crippen LogP contribution in [0, 0.1) is 0 Å². The van der Waals surface area contributed by atoms with Crippen molar-refractivity contribution in [2.75, 3.05) is 17.3 Å². The Hall–Kier alpha value is -1.34. The zero-order valence-electron chi connectivity index (χ0n) is 14.7. The Bertz CT molecular complexity index is 714. The smallest absolute Gasteiger partial charge is 0.241 e. The van der Waals surface area contributed by atoms with Gasteiger partial charge in [0, 0.05) is 28.0 Å². The SMILES string of the molecule is CSCC[C@H](N)C(=O)Nc1cccc(CS(=O)Cc2ccccc2)c1.Cl. The van der Waals surface area contributed by atoms with E-state index in [9.17, 15) is 9.00 Å². The Morgan fingerprint density at radius 2 is 1.77 bits per heavy atom. The number of nitrogens with two attached hydrogens (primary N) is 1. The lowest BCUT2D eigenvalue weighted by molar-refractivity contribution is -0.117. The quantitative estimate of drug-likeness (QED) is 0.660. The molecule has 0 saturated carbocycles. The van der Waals surface area contributed by atoms with E-state index in [2.05, 4.69) is 5.32 Å². The third kappa shape index (κ3) is 7.91. The summed E-state index contributed by atoms with van der Waals surface area (Å²) in [6.07, 6.45) is 2.64. The summed E-state index contributed by atoms with van der Waals surface area (Å²) in [6.45, 7) is 0. The molecule has 0 aromatic heterocycles. The standard InChI is InChI=1S/C19H24N2O2S2.ClH/c1-24-11-10-18(20)19(22)21-17-9-5-8-16(12-17)14-25(23)13-15-6-3-2-4-7-15;/h2-9,12,18H,10-11,13-14,20H2,1H3,(H,21,22);1H/t18-,25?;/m0./s1. The van der Waals surface area contributed by atoms with Gasteiger partial charge in [-0.05, 0) is 41.7 Å². The molecule has 4 nitrogen and oxygen atoms in total. The molecule has 0 heterocycles. The molecule has 0 aliphatic rings. The van der Waals surface area contributed by atoms with Crippen LogP contribution in [0.1, 0.15) is 17.5 Å².